The SMILES string of the molecule is O=C(Nc1ccc(C(F)(F)F)cn1)c1ccc(CN2C(=O)c3sccc3NC(=O)C2Cc2ccccn2)cc1Cl. The molecule has 0 spiro atoms. The molecule has 1 aromatic carbocycles. The summed E-state index contributed by atoms with van der Waals surface area (Å²) in [5.74, 6) is -1.45. The minimum absolute atomic E-state index is 0.0170. The molecule has 0 saturated heterocycles. The zero-order valence-electron chi connectivity index (χ0n) is 20.4. The summed E-state index contributed by atoms with van der Waals surface area (Å²) in [6.45, 7) is 0.0170. The second-order valence-electron chi connectivity index (χ2n) is 8.82. The van der Waals surface area contributed by atoms with Crippen molar-refractivity contribution in [1.29, 1.82) is 0 Å². The van der Waals surface area contributed by atoms with Crippen LogP contribution in [0.3, 0.4) is 0 Å². The fourth-order valence-corrected chi connectivity index (χ4v) is 5.25. The molecule has 1 aliphatic heterocycles. The molecule has 2 N–H and O–H groups in total. The Labute approximate surface area is 234 Å². The third-order valence-electron chi connectivity index (χ3n) is 6.15. The number of benzene rings is 1. The molecule has 40 heavy (non-hydrogen) atoms. The van der Waals surface area contributed by atoms with E-state index in [1.54, 1.807) is 41.9 Å². The van der Waals surface area contributed by atoms with Gasteiger partial charge in [-0.3, -0.25) is 19.4 Å². The van der Waals surface area contributed by atoms with Gasteiger partial charge in [0, 0.05) is 31.1 Å². The van der Waals surface area contributed by atoms with Gasteiger partial charge in [0.05, 0.1) is 21.8 Å². The maximum absolute atomic E-state index is 13.5. The molecule has 1 unspecified atom stereocenters. The number of alkyl halides is 3. The highest BCUT2D eigenvalue weighted by Crippen LogP contribution is 2.31. The largest absolute Gasteiger partial charge is 0.417 e. The van der Waals surface area contributed by atoms with Crippen LogP contribution in [0.1, 0.15) is 36.9 Å². The molecule has 0 bridgehead atoms. The number of nitrogens with one attached hydrogen (secondary N) is 2. The van der Waals surface area contributed by atoms with Crippen LogP contribution >= 0.6 is 22.9 Å². The molecule has 1 atom stereocenters. The summed E-state index contributed by atoms with van der Waals surface area (Å²) in [6, 6.07) is 12.5. The van der Waals surface area contributed by atoms with Crippen molar-refractivity contribution in [2.45, 2.75) is 25.2 Å². The summed E-state index contributed by atoms with van der Waals surface area (Å²) in [5.41, 5.74) is 0.739. The Hall–Kier alpha value is -4.29. The van der Waals surface area contributed by atoms with Crippen molar-refractivity contribution in [3.63, 3.8) is 0 Å². The fourth-order valence-electron chi connectivity index (χ4n) is 4.16. The Bertz CT molecular complexity index is 1580. The lowest BCUT2D eigenvalue weighted by Crippen LogP contribution is -2.46. The number of aromatic nitrogens is 2. The smallest absolute Gasteiger partial charge is 0.323 e. The van der Waals surface area contributed by atoms with Gasteiger partial charge in [-0.2, -0.15) is 13.2 Å². The summed E-state index contributed by atoms with van der Waals surface area (Å²) < 4.78 is 38.3. The number of amides is 3. The molecule has 13 heteroatoms. The van der Waals surface area contributed by atoms with Gasteiger partial charge in [-0.25, -0.2) is 4.98 Å². The number of hydrogen-bond donors (Lipinski definition) is 2. The first-order valence-corrected chi connectivity index (χ1v) is 13.1. The van der Waals surface area contributed by atoms with E-state index >= 15 is 0 Å². The van der Waals surface area contributed by atoms with Gasteiger partial charge in [-0.05, 0) is 53.4 Å². The number of anilines is 2. The zero-order chi connectivity index (χ0) is 28.4. The average molecular weight is 586 g/mol. The van der Waals surface area contributed by atoms with Gasteiger partial charge in [0.2, 0.25) is 5.91 Å². The molecule has 3 aromatic heterocycles. The van der Waals surface area contributed by atoms with Crippen LogP contribution in [-0.2, 0) is 23.9 Å². The van der Waals surface area contributed by atoms with Crippen LogP contribution in [0, 0.1) is 0 Å². The molecular weight excluding hydrogens is 567 g/mol. The predicted octanol–water partition coefficient (Wildman–Crippen LogP) is 5.67. The summed E-state index contributed by atoms with van der Waals surface area (Å²) >= 11 is 7.61. The minimum atomic E-state index is -4.55. The van der Waals surface area contributed by atoms with Gasteiger partial charge in [0.1, 0.15) is 16.7 Å². The van der Waals surface area contributed by atoms with Crippen LogP contribution in [0.4, 0.5) is 24.7 Å². The Balaban J connectivity index is 1.37. The van der Waals surface area contributed by atoms with Gasteiger partial charge in [-0.1, -0.05) is 23.7 Å². The van der Waals surface area contributed by atoms with Gasteiger partial charge in [0.15, 0.2) is 0 Å². The van der Waals surface area contributed by atoms with Crippen molar-refractivity contribution in [3.8, 4) is 0 Å². The number of pyridine rings is 2. The van der Waals surface area contributed by atoms with E-state index in [-0.39, 0.29) is 41.2 Å². The van der Waals surface area contributed by atoms with E-state index < -0.39 is 23.7 Å². The molecule has 3 amide bonds. The lowest BCUT2D eigenvalue weighted by Gasteiger charge is -2.28. The molecule has 204 valence electrons. The van der Waals surface area contributed by atoms with Gasteiger partial charge in [-0.15, -0.1) is 11.3 Å². The second kappa shape index (κ2) is 11.1. The quantitative estimate of drug-likeness (QED) is 0.303. The third kappa shape index (κ3) is 5.82. The van der Waals surface area contributed by atoms with Crippen molar-refractivity contribution in [2.24, 2.45) is 0 Å². The first-order chi connectivity index (χ1) is 19.1. The standard InChI is InChI=1S/C27H19ClF3N5O3S/c28-19-11-15(4-6-18(19)24(37)35-22-7-5-16(13-33-22)27(29,30)31)14-36-21(12-17-3-1-2-9-32-17)25(38)34-20-8-10-40-23(20)26(36)39/h1-11,13,21H,12,14H2,(H,34,38)(H,33,35,37). The van der Waals surface area contributed by atoms with E-state index in [4.69, 9.17) is 11.6 Å². The summed E-state index contributed by atoms with van der Waals surface area (Å²) in [4.78, 5) is 49.3. The Morgan fingerprint density at radius 3 is 2.60 bits per heavy atom. The number of nitrogens with zero attached hydrogens (tertiary/aromatic N) is 3. The van der Waals surface area contributed by atoms with Crippen LogP contribution in [0.5, 0.6) is 0 Å². The molecule has 0 saturated carbocycles. The monoisotopic (exact) mass is 585 g/mol. The van der Waals surface area contributed by atoms with E-state index in [2.05, 4.69) is 20.6 Å². The highest BCUT2D eigenvalue weighted by Gasteiger charge is 2.36. The highest BCUT2D eigenvalue weighted by molar-refractivity contribution is 7.12. The summed E-state index contributed by atoms with van der Waals surface area (Å²) in [5, 5.41) is 7.01. The summed E-state index contributed by atoms with van der Waals surface area (Å²) in [7, 11) is 0. The second-order valence-corrected chi connectivity index (χ2v) is 10.1. The van der Waals surface area contributed by atoms with Crippen LogP contribution in [0.25, 0.3) is 0 Å². The lowest BCUT2D eigenvalue weighted by atomic mass is 10.1. The van der Waals surface area contributed by atoms with Crippen molar-refractivity contribution < 1.29 is 27.6 Å². The Kier molecular flexibility index (Phi) is 7.55. The van der Waals surface area contributed by atoms with Gasteiger partial charge in [0.25, 0.3) is 11.8 Å². The van der Waals surface area contributed by atoms with Crippen molar-refractivity contribution in [1.82, 2.24) is 14.9 Å². The van der Waals surface area contributed by atoms with E-state index in [0.29, 0.717) is 28.0 Å². The molecule has 5 rings (SSSR count). The molecule has 8 nitrogen and oxygen atoms in total. The van der Waals surface area contributed by atoms with Crippen LogP contribution < -0.4 is 10.6 Å². The van der Waals surface area contributed by atoms with Crippen LogP contribution in [0.2, 0.25) is 5.02 Å². The topological polar surface area (TPSA) is 104 Å². The van der Waals surface area contributed by atoms with Gasteiger partial charge < -0.3 is 15.5 Å². The lowest BCUT2D eigenvalue weighted by molar-refractivity contribution is -0.137. The molecular formula is C27H19ClF3N5O3S. The maximum Gasteiger partial charge on any atom is 0.417 e. The molecule has 0 aliphatic carbocycles. The summed E-state index contributed by atoms with van der Waals surface area (Å²) in [6.07, 6.45) is -2.14. The normalized spacial score (nSPS) is 15.3. The highest BCUT2D eigenvalue weighted by atomic mass is 35.5. The number of thiophene rings is 1. The molecule has 0 radical (unpaired) electrons. The first kappa shape index (κ1) is 27.3. The predicted molar refractivity (Wildman–Crippen MR) is 143 cm³/mol. The Morgan fingerprint density at radius 1 is 1.10 bits per heavy atom. The molecule has 4 aromatic rings. The number of carbonyl (C=O) groups is 3. The minimum Gasteiger partial charge on any atom is -0.323 e. The number of halogens is 4. The molecule has 0 fully saturated rings. The number of rotatable bonds is 6. The first-order valence-electron chi connectivity index (χ1n) is 11.8. The third-order valence-corrected chi connectivity index (χ3v) is 7.36. The zero-order valence-corrected chi connectivity index (χ0v) is 22.0. The van der Waals surface area contributed by atoms with E-state index in [0.717, 1.165) is 12.1 Å². The number of fused-ring (bicyclic) bond motifs is 1. The van der Waals surface area contributed by atoms with Gasteiger partial charge >= 0.3 is 6.18 Å². The molecule has 1 aliphatic rings. The molecule has 4 heterocycles. The van der Waals surface area contributed by atoms with Crippen LogP contribution in [-0.4, -0.2) is 38.6 Å². The Morgan fingerprint density at radius 2 is 1.93 bits per heavy atom. The fraction of sp³-hybridized carbons (Fsp3) is 0.148. The van der Waals surface area contributed by atoms with Crippen LogP contribution in [0.15, 0.2) is 72.4 Å². The van der Waals surface area contributed by atoms with Crippen molar-refractivity contribution in [2.75, 3.05) is 10.6 Å². The average Bonchev–Trinajstić information content (AvgIpc) is 3.35. The number of hydrogen-bond acceptors (Lipinski definition) is 6. The van der Waals surface area contributed by atoms with Crippen molar-refractivity contribution in [3.05, 3.63) is 105 Å². The van der Waals surface area contributed by atoms with E-state index in [1.165, 1.54) is 28.4 Å². The maximum atomic E-state index is 13.5. The number of carbonyl (C=O) groups excluding carboxylic acids is 3. The van der Waals surface area contributed by atoms with E-state index in [1.807, 2.05) is 0 Å². The van der Waals surface area contributed by atoms with E-state index in [9.17, 15) is 27.6 Å². The van der Waals surface area contributed by atoms with Crippen molar-refractivity contribution >= 4 is 52.2 Å².